The Bertz CT molecular complexity index is 229. The molecule has 0 aromatic carbocycles. The molecule has 1 aliphatic carbocycles. The Balaban J connectivity index is 1.83. The summed E-state index contributed by atoms with van der Waals surface area (Å²) in [7, 11) is 1.79. The Morgan fingerprint density at radius 2 is 2.24 bits per heavy atom. The van der Waals surface area contributed by atoms with Crippen molar-refractivity contribution in [2.24, 2.45) is 11.7 Å². The summed E-state index contributed by atoms with van der Waals surface area (Å²) >= 11 is 0. The summed E-state index contributed by atoms with van der Waals surface area (Å²) in [4.78, 5) is 0. The Kier molecular flexibility index (Phi) is 4.79. The van der Waals surface area contributed by atoms with Gasteiger partial charge in [0.1, 0.15) is 5.60 Å². The minimum Gasteiger partial charge on any atom is -0.378 e. The molecular weight excluding hydrogens is 216 g/mol. The van der Waals surface area contributed by atoms with Gasteiger partial charge in [-0.15, -0.1) is 0 Å². The number of nitrogens with one attached hydrogen (secondary N) is 1. The first-order valence-corrected chi connectivity index (χ1v) is 6.86. The Hall–Kier alpha value is -0.160. The van der Waals surface area contributed by atoms with Crippen LogP contribution in [0.3, 0.4) is 0 Å². The second kappa shape index (κ2) is 6.14. The largest absolute Gasteiger partial charge is 0.378 e. The number of ether oxygens (including phenoxy) is 2. The van der Waals surface area contributed by atoms with Crippen molar-refractivity contribution in [2.75, 3.05) is 33.4 Å². The van der Waals surface area contributed by atoms with Gasteiger partial charge < -0.3 is 20.5 Å². The van der Waals surface area contributed by atoms with Gasteiger partial charge in [-0.25, -0.2) is 0 Å². The molecule has 17 heavy (non-hydrogen) atoms. The average molecular weight is 242 g/mol. The molecule has 1 saturated carbocycles. The maximum atomic E-state index is 5.85. The molecule has 2 aliphatic rings. The predicted octanol–water partition coefficient (Wildman–Crippen LogP) is 0.899. The fraction of sp³-hybridized carbons (Fsp3) is 1.00. The van der Waals surface area contributed by atoms with Crippen molar-refractivity contribution in [2.45, 2.75) is 43.7 Å². The topological polar surface area (TPSA) is 56.5 Å². The van der Waals surface area contributed by atoms with Crippen LogP contribution >= 0.6 is 0 Å². The van der Waals surface area contributed by atoms with E-state index in [1.54, 1.807) is 7.11 Å². The SMILES string of the molecule is COC1(CNC2CCCCC2CN)CCOC1. The quantitative estimate of drug-likeness (QED) is 0.752. The third-order valence-electron chi connectivity index (χ3n) is 4.40. The second-order valence-corrected chi connectivity index (χ2v) is 5.46. The first-order chi connectivity index (χ1) is 8.29. The molecule has 0 bridgehead atoms. The van der Waals surface area contributed by atoms with Crippen LogP contribution in [0.5, 0.6) is 0 Å². The third kappa shape index (κ3) is 3.19. The normalized spacial score (nSPS) is 38.5. The Labute approximate surface area is 104 Å². The lowest BCUT2D eigenvalue weighted by Gasteiger charge is -2.35. The number of hydrogen-bond donors (Lipinski definition) is 2. The molecule has 0 aromatic heterocycles. The van der Waals surface area contributed by atoms with Crippen molar-refractivity contribution in [3.8, 4) is 0 Å². The third-order valence-corrected chi connectivity index (χ3v) is 4.40. The van der Waals surface area contributed by atoms with E-state index in [0.717, 1.165) is 32.7 Å². The predicted molar refractivity (Wildman–Crippen MR) is 68.0 cm³/mol. The van der Waals surface area contributed by atoms with E-state index in [9.17, 15) is 0 Å². The van der Waals surface area contributed by atoms with E-state index in [1.165, 1.54) is 25.7 Å². The van der Waals surface area contributed by atoms with Gasteiger partial charge in [-0.3, -0.25) is 0 Å². The first-order valence-electron chi connectivity index (χ1n) is 6.86. The molecule has 1 heterocycles. The van der Waals surface area contributed by atoms with Gasteiger partial charge in [0, 0.05) is 32.7 Å². The lowest BCUT2D eigenvalue weighted by Crippen LogP contribution is -2.50. The van der Waals surface area contributed by atoms with Crippen molar-refractivity contribution in [1.82, 2.24) is 5.32 Å². The molecule has 4 nitrogen and oxygen atoms in total. The second-order valence-electron chi connectivity index (χ2n) is 5.46. The highest BCUT2D eigenvalue weighted by Crippen LogP contribution is 2.26. The molecule has 4 heteroatoms. The van der Waals surface area contributed by atoms with Gasteiger partial charge in [0.2, 0.25) is 0 Å². The lowest BCUT2D eigenvalue weighted by atomic mass is 9.84. The summed E-state index contributed by atoms with van der Waals surface area (Å²) in [6, 6.07) is 0.571. The smallest absolute Gasteiger partial charge is 0.106 e. The molecule has 1 saturated heterocycles. The van der Waals surface area contributed by atoms with Crippen LogP contribution in [-0.4, -0.2) is 45.1 Å². The zero-order valence-electron chi connectivity index (χ0n) is 10.9. The van der Waals surface area contributed by atoms with E-state index in [2.05, 4.69) is 5.32 Å². The molecule has 3 unspecified atom stereocenters. The lowest BCUT2D eigenvalue weighted by molar-refractivity contribution is -0.0195. The van der Waals surface area contributed by atoms with Crippen molar-refractivity contribution >= 4 is 0 Å². The standard InChI is InChI=1S/C13H26N2O2/c1-16-13(6-7-17-10-13)9-15-12-5-3-2-4-11(12)8-14/h11-12,15H,2-10,14H2,1H3. The van der Waals surface area contributed by atoms with Crippen molar-refractivity contribution in [1.29, 1.82) is 0 Å². The van der Waals surface area contributed by atoms with Crippen LogP contribution in [0, 0.1) is 5.92 Å². The van der Waals surface area contributed by atoms with Crippen LogP contribution in [0.15, 0.2) is 0 Å². The number of hydrogen-bond acceptors (Lipinski definition) is 4. The minimum atomic E-state index is -0.101. The van der Waals surface area contributed by atoms with Crippen LogP contribution in [0.4, 0.5) is 0 Å². The molecule has 0 amide bonds. The van der Waals surface area contributed by atoms with Gasteiger partial charge in [0.15, 0.2) is 0 Å². The Morgan fingerprint density at radius 1 is 1.41 bits per heavy atom. The molecule has 2 fully saturated rings. The van der Waals surface area contributed by atoms with Crippen LogP contribution in [-0.2, 0) is 9.47 Å². The van der Waals surface area contributed by atoms with E-state index in [0.29, 0.717) is 12.0 Å². The van der Waals surface area contributed by atoms with Gasteiger partial charge in [-0.1, -0.05) is 12.8 Å². The summed E-state index contributed by atoms with van der Waals surface area (Å²) in [5.74, 6) is 0.639. The van der Waals surface area contributed by atoms with Gasteiger partial charge in [-0.05, 0) is 25.3 Å². The van der Waals surface area contributed by atoms with Gasteiger partial charge in [0.25, 0.3) is 0 Å². The molecular formula is C13H26N2O2. The average Bonchev–Trinajstić information content (AvgIpc) is 2.86. The zero-order chi connectivity index (χ0) is 12.1. The molecule has 0 spiro atoms. The van der Waals surface area contributed by atoms with Gasteiger partial charge in [0.05, 0.1) is 6.61 Å². The maximum absolute atomic E-state index is 5.85. The molecule has 2 rings (SSSR count). The molecule has 3 atom stereocenters. The summed E-state index contributed by atoms with van der Waals surface area (Å²) in [6.07, 6.45) is 6.17. The molecule has 100 valence electrons. The van der Waals surface area contributed by atoms with Crippen molar-refractivity contribution in [3.63, 3.8) is 0 Å². The molecule has 3 N–H and O–H groups in total. The minimum absolute atomic E-state index is 0.101. The summed E-state index contributed by atoms with van der Waals surface area (Å²) in [6.45, 7) is 3.23. The van der Waals surface area contributed by atoms with Gasteiger partial charge >= 0.3 is 0 Å². The molecule has 0 aromatic rings. The van der Waals surface area contributed by atoms with E-state index in [-0.39, 0.29) is 5.60 Å². The highest BCUT2D eigenvalue weighted by Gasteiger charge is 2.36. The number of nitrogens with two attached hydrogens (primary N) is 1. The Morgan fingerprint density at radius 3 is 2.88 bits per heavy atom. The molecule has 0 radical (unpaired) electrons. The summed E-state index contributed by atoms with van der Waals surface area (Å²) < 4.78 is 11.1. The van der Waals surface area contributed by atoms with Gasteiger partial charge in [-0.2, -0.15) is 0 Å². The van der Waals surface area contributed by atoms with Crippen molar-refractivity contribution < 1.29 is 9.47 Å². The highest BCUT2D eigenvalue weighted by atomic mass is 16.5. The fourth-order valence-electron chi connectivity index (χ4n) is 3.04. The van der Waals surface area contributed by atoms with E-state index < -0.39 is 0 Å². The maximum Gasteiger partial charge on any atom is 0.106 e. The van der Waals surface area contributed by atoms with Crippen LogP contribution in [0.2, 0.25) is 0 Å². The van der Waals surface area contributed by atoms with E-state index in [4.69, 9.17) is 15.2 Å². The summed E-state index contributed by atoms with van der Waals surface area (Å²) in [5.41, 5.74) is 5.75. The van der Waals surface area contributed by atoms with Crippen LogP contribution < -0.4 is 11.1 Å². The monoisotopic (exact) mass is 242 g/mol. The van der Waals surface area contributed by atoms with Crippen LogP contribution in [0.25, 0.3) is 0 Å². The van der Waals surface area contributed by atoms with E-state index >= 15 is 0 Å². The van der Waals surface area contributed by atoms with Crippen LogP contribution in [0.1, 0.15) is 32.1 Å². The fourth-order valence-corrected chi connectivity index (χ4v) is 3.04. The molecule has 1 aliphatic heterocycles. The summed E-state index contributed by atoms with van der Waals surface area (Å²) in [5, 5.41) is 3.67. The first kappa shape index (κ1) is 13.3. The number of rotatable bonds is 5. The number of methoxy groups -OCH3 is 1. The highest BCUT2D eigenvalue weighted by molar-refractivity contribution is 4.90. The zero-order valence-corrected chi connectivity index (χ0v) is 10.9. The van der Waals surface area contributed by atoms with Crippen molar-refractivity contribution in [3.05, 3.63) is 0 Å². The van der Waals surface area contributed by atoms with E-state index in [1.807, 2.05) is 0 Å².